The second-order valence-electron chi connectivity index (χ2n) is 3.93. The van der Waals surface area contributed by atoms with E-state index in [2.05, 4.69) is 0 Å². The van der Waals surface area contributed by atoms with Gasteiger partial charge in [0.1, 0.15) is 11.5 Å². The number of sulfone groups is 1. The molecule has 17 heavy (non-hydrogen) atoms. The number of hydrogen-bond acceptors (Lipinski definition) is 4. The lowest BCUT2D eigenvalue weighted by Crippen LogP contribution is -2.15. The fourth-order valence-electron chi connectivity index (χ4n) is 1.46. The largest absolute Gasteiger partial charge is 0.493 e. The molecule has 0 heterocycles. The van der Waals surface area contributed by atoms with Crippen LogP contribution in [-0.4, -0.2) is 32.8 Å². The Morgan fingerprint density at radius 1 is 1.35 bits per heavy atom. The molecule has 1 rings (SSSR count). The molecular weight excluding hydrogens is 240 g/mol. The first-order valence-corrected chi connectivity index (χ1v) is 7.34. The van der Waals surface area contributed by atoms with Gasteiger partial charge in [0.05, 0.1) is 12.2 Å². The molecule has 0 aliphatic carbocycles. The van der Waals surface area contributed by atoms with Crippen LogP contribution >= 0.6 is 0 Å². The van der Waals surface area contributed by atoms with Gasteiger partial charge in [-0.1, -0.05) is 11.6 Å². The molecule has 4 nitrogen and oxygen atoms in total. The first kappa shape index (κ1) is 13.7. The van der Waals surface area contributed by atoms with Gasteiger partial charge in [0, 0.05) is 6.26 Å². The van der Waals surface area contributed by atoms with E-state index in [1.54, 1.807) is 12.1 Å². The molecule has 1 aromatic rings. The molecule has 0 aliphatic rings. The van der Waals surface area contributed by atoms with Gasteiger partial charge in [-0.05, 0) is 26.0 Å². The van der Waals surface area contributed by atoms with Crippen LogP contribution in [0, 0.1) is 6.92 Å². The van der Waals surface area contributed by atoms with E-state index in [0.717, 1.165) is 11.8 Å². The van der Waals surface area contributed by atoms with Crippen molar-refractivity contribution in [1.29, 1.82) is 0 Å². The van der Waals surface area contributed by atoms with Crippen molar-refractivity contribution in [2.24, 2.45) is 0 Å². The van der Waals surface area contributed by atoms with E-state index in [9.17, 15) is 13.2 Å². The average molecular weight is 256 g/mol. The highest BCUT2D eigenvalue weighted by molar-refractivity contribution is 7.91. The SMILES string of the molecule is CCOc1ccc(C)cc1C(=O)CS(C)(=O)=O. The highest BCUT2D eigenvalue weighted by Crippen LogP contribution is 2.21. The Labute approximate surface area is 102 Å². The normalized spacial score (nSPS) is 11.2. The van der Waals surface area contributed by atoms with Crippen LogP contribution in [0.15, 0.2) is 18.2 Å². The van der Waals surface area contributed by atoms with Crippen molar-refractivity contribution in [2.45, 2.75) is 13.8 Å². The van der Waals surface area contributed by atoms with Crippen LogP contribution in [0.4, 0.5) is 0 Å². The van der Waals surface area contributed by atoms with Gasteiger partial charge in [-0.15, -0.1) is 0 Å². The van der Waals surface area contributed by atoms with Crippen LogP contribution in [0.2, 0.25) is 0 Å². The number of aryl methyl sites for hydroxylation is 1. The van der Waals surface area contributed by atoms with Crippen molar-refractivity contribution >= 4 is 15.6 Å². The highest BCUT2D eigenvalue weighted by Gasteiger charge is 2.17. The Balaban J connectivity index is 3.10. The molecule has 0 atom stereocenters. The summed E-state index contributed by atoms with van der Waals surface area (Å²) in [6, 6.07) is 5.16. The summed E-state index contributed by atoms with van der Waals surface area (Å²) in [5, 5.41) is 0. The quantitative estimate of drug-likeness (QED) is 0.751. The van der Waals surface area contributed by atoms with Gasteiger partial charge >= 0.3 is 0 Å². The molecule has 0 spiro atoms. The topological polar surface area (TPSA) is 60.4 Å². The molecule has 1 aromatic carbocycles. The van der Waals surface area contributed by atoms with Gasteiger partial charge in [0.25, 0.3) is 0 Å². The van der Waals surface area contributed by atoms with Crippen LogP contribution in [0.3, 0.4) is 0 Å². The summed E-state index contributed by atoms with van der Waals surface area (Å²) < 4.78 is 27.5. The zero-order chi connectivity index (χ0) is 13.1. The molecule has 0 bridgehead atoms. The van der Waals surface area contributed by atoms with Crippen LogP contribution in [0.5, 0.6) is 5.75 Å². The predicted molar refractivity (Wildman–Crippen MR) is 66.4 cm³/mol. The molecule has 0 radical (unpaired) electrons. The minimum atomic E-state index is -3.32. The maximum Gasteiger partial charge on any atom is 0.181 e. The summed E-state index contributed by atoms with van der Waals surface area (Å²) in [6.07, 6.45) is 1.04. The first-order valence-electron chi connectivity index (χ1n) is 5.28. The molecule has 0 fully saturated rings. The molecule has 0 saturated heterocycles. The first-order chi connectivity index (χ1) is 7.83. The molecule has 0 unspecified atom stereocenters. The van der Waals surface area contributed by atoms with Gasteiger partial charge in [0.2, 0.25) is 0 Å². The fourth-order valence-corrected chi connectivity index (χ4v) is 2.09. The van der Waals surface area contributed by atoms with E-state index in [1.807, 2.05) is 19.9 Å². The third-order valence-corrected chi connectivity index (χ3v) is 2.92. The Kier molecular flexibility index (Phi) is 4.28. The Bertz CT molecular complexity index is 517. The minimum absolute atomic E-state index is 0.331. The molecule has 0 N–H and O–H groups in total. The van der Waals surface area contributed by atoms with Crippen molar-refractivity contribution in [3.8, 4) is 5.75 Å². The molecule has 0 aromatic heterocycles. The number of carbonyl (C=O) groups is 1. The van der Waals surface area contributed by atoms with Crippen LogP contribution in [-0.2, 0) is 9.84 Å². The van der Waals surface area contributed by atoms with E-state index in [-0.39, 0.29) is 0 Å². The standard InChI is InChI=1S/C12H16O4S/c1-4-16-12-6-5-9(2)7-10(12)11(13)8-17(3,14)15/h5-7H,4,8H2,1-3H3. The molecule has 0 aliphatic heterocycles. The molecule has 0 saturated carbocycles. The van der Waals surface area contributed by atoms with E-state index >= 15 is 0 Å². The summed E-state index contributed by atoms with van der Waals surface area (Å²) in [5.74, 6) is -0.484. The van der Waals surface area contributed by atoms with Crippen molar-refractivity contribution in [3.63, 3.8) is 0 Å². The number of benzene rings is 1. The van der Waals surface area contributed by atoms with Crippen molar-refractivity contribution in [1.82, 2.24) is 0 Å². The van der Waals surface area contributed by atoms with Crippen LogP contribution in [0.1, 0.15) is 22.8 Å². The van der Waals surface area contributed by atoms with E-state index in [0.29, 0.717) is 17.9 Å². The zero-order valence-corrected chi connectivity index (χ0v) is 11.0. The number of ether oxygens (including phenoxy) is 1. The van der Waals surface area contributed by atoms with Gasteiger partial charge in [-0.2, -0.15) is 0 Å². The molecule has 5 heteroatoms. The van der Waals surface area contributed by atoms with E-state index in [4.69, 9.17) is 4.74 Å². The van der Waals surface area contributed by atoms with Crippen LogP contribution in [0.25, 0.3) is 0 Å². The highest BCUT2D eigenvalue weighted by atomic mass is 32.2. The second kappa shape index (κ2) is 5.31. The number of rotatable bonds is 5. The third-order valence-electron chi connectivity index (χ3n) is 2.13. The summed E-state index contributed by atoms with van der Waals surface area (Å²) in [6.45, 7) is 4.08. The van der Waals surface area contributed by atoms with Gasteiger partial charge in [-0.25, -0.2) is 8.42 Å². The lowest BCUT2D eigenvalue weighted by molar-refractivity contribution is 0.101. The average Bonchev–Trinajstić information content (AvgIpc) is 2.18. The summed E-state index contributed by atoms with van der Waals surface area (Å²) in [4.78, 5) is 11.8. The summed E-state index contributed by atoms with van der Waals surface area (Å²) >= 11 is 0. The summed E-state index contributed by atoms with van der Waals surface area (Å²) in [5.41, 5.74) is 1.22. The number of carbonyl (C=O) groups excluding carboxylic acids is 1. The lowest BCUT2D eigenvalue weighted by atomic mass is 10.1. The Morgan fingerprint density at radius 2 is 2.00 bits per heavy atom. The maximum atomic E-state index is 11.8. The molecule has 0 amide bonds. The van der Waals surface area contributed by atoms with E-state index in [1.165, 1.54) is 0 Å². The second-order valence-corrected chi connectivity index (χ2v) is 6.07. The van der Waals surface area contributed by atoms with E-state index < -0.39 is 21.4 Å². The predicted octanol–water partition coefficient (Wildman–Crippen LogP) is 1.62. The van der Waals surface area contributed by atoms with Crippen molar-refractivity contribution in [3.05, 3.63) is 29.3 Å². The number of Topliss-reactive ketones (excluding diaryl/α,β-unsaturated/α-hetero) is 1. The summed E-state index contributed by atoms with van der Waals surface area (Å²) in [7, 11) is -3.32. The third kappa shape index (κ3) is 4.19. The minimum Gasteiger partial charge on any atom is -0.493 e. The van der Waals surface area contributed by atoms with Crippen molar-refractivity contribution < 1.29 is 17.9 Å². The van der Waals surface area contributed by atoms with Crippen LogP contribution < -0.4 is 4.74 Å². The molecule has 94 valence electrons. The smallest absolute Gasteiger partial charge is 0.181 e. The monoisotopic (exact) mass is 256 g/mol. The maximum absolute atomic E-state index is 11.8. The van der Waals surface area contributed by atoms with Gasteiger partial charge in [0.15, 0.2) is 15.6 Å². The number of hydrogen-bond donors (Lipinski definition) is 0. The number of ketones is 1. The van der Waals surface area contributed by atoms with Crippen molar-refractivity contribution in [2.75, 3.05) is 18.6 Å². The lowest BCUT2D eigenvalue weighted by Gasteiger charge is -2.09. The Morgan fingerprint density at radius 3 is 2.53 bits per heavy atom. The molecular formula is C12H16O4S. The zero-order valence-electron chi connectivity index (χ0n) is 10.2. The fraction of sp³-hybridized carbons (Fsp3) is 0.417. The Hall–Kier alpha value is -1.36. The van der Waals surface area contributed by atoms with Gasteiger partial charge < -0.3 is 4.74 Å². The van der Waals surface area contributed by atoms with Gasteiger partial charge in [-0.3, -0.25) is 4.79 Å².